The number of methoxy groups -OCH3 is 1. The number of hydrogen-bond donors (Lipinski definition) is 0. The lowest BCUT2D eigenvalue weighted by atomic mass is 10.1. The molecule has 0 saturated carbocycles. The van der Waals surface area contributed by atoms with E-state index in [1.165, 1.54) is 11.3 Å². The number of amides is 1. The fourth-order valence-corrected chi connectivity index (χ4v) is 4.34. The number of nitrogens with zero attached hydrogens (tertiary/aromatic N) is 3. The van der Waals surface area contributed by atoms with Gasteiger partial charge in [-0.05, 0) is 57.4 Å². The Morgan fingerprint density at radius 1 is 1.18 bits per heavy atom. The van der Waals surface area contributed by atoms with E-state index in [9.17, 15) is 4.79 Å². The lowest BCUT2D eigenvalue weighted by Crippen LogP contribution is -2.33. The number of para-hydroxylation sites is 1. The smallest absolute Gasteiger partial charge is 0.263 e. The predicted octanol–water partition coefficient (Wildman–Crippen LogP) is 5.09. The SMILES string of the molecule is COc1ccccc1C(=O)N(CCCN(C)C)c1nc2ccc(Br)cc2s1.Cl. The van der Waals surface area contributed by atoms with Gasteiger partial charge in [0.1, 0.15) is 5.75 Å². The second-order valence-corrected chi connectivity index (χ2v) is 8.35. The summed E-state index contributed by atoms with van der Waals surface area (Å²) in [7, 11) is 5.64. The highest BCUT2D eigenvalue weighted by atomic mass is 79.9. The molecule has 0 radical (unpaired) electrons. The first-order chi connectivity index (χ1) is 13.0. The summed E-state index contributed by atoms with van der Waals surface area (Å²) in [5.41, 5.74) is 1.44. The zero-order valence-electron chi connectivity index (χ0n) is 16.0. The van der Waals surface area contributed by atoms with E-state index in [0.717, 1.165) is 27.7 Å². The fourth-order valence-electron chi connectivity index (χ4n) is 2.80. The van der Waals surface area contributed by atoms with Crippen molar-refractivity contribution in [2.24, 2.45) is 0 Å². The minimum atomic E-state index is -0.0932. The van der Waals surface area contributed by atoms with Crippen molar-refractivity contribution in [1.29, 1.82) is 0 Å². The molecule has 1 heterocycles. The van der Waals surface area contributed by atoms with Gasteiger partial charge in [0.15, 0.2) is 5.13 Å². The zero-order valence-corrected chi connectivity index (χ0v) is 19.2. The Kier molecular flexibility index (Phi) is 8.24. The van der Waals surface area contributed by atoms with Crippen LogP contribution in [-0.2, 0) is 0 Å². The van der Waals surface area contributed by atoms with Crippen LogP contribution in [0.5, 0.6) is 5.75 Å². The number of hydrogen-bond acceptors (Lipinski definition) is 5. The average Bonchev–Trinajstić information content (AvgIpc) is 3.07. The van der Waals surface area contributed by atoms with Gasteiger partial charge in [-0.25, -0.2) is 4.98 Å². The van der Waals surface area contributed by atoms with E-state index in [2.05, 4.69) is 20.8 Å². The molecule has 3 aromatic rings. The number of carbonyl (C=O) groups excluding carboxylic acids is 1. The maximum absolute atomic E-state index is 13.3. The molecule has 0 aliphatic carbocycles. The van der Waals surface area contributed by atoms with Crippen molar-refractivity contribution in [2.45, 2.75) is 6.42 Å². The van der Waals surface area contributed by atoms with E-state index in [0.29, 0.717) is 23.0 Å². The average molecular weight is 485 g/mol. The molecule has 1 amide bonds. The van der Waals surface area contributed by atoms with Crippen molar-refractivity contribution < 1.29 is 9.53 Å². The summed E-state index contributed by atoms with van der Waals surface area (Å²) in [6.07, 6.45) is 0.855. The first-order valence-electron chi connectivity index (χ1n) is 8.65. The van der Waals surface area contributed by atoms with E-state index in [1.54, 1.807) is 24.1 Å². The van der Waals surface area contributed by atoms with Gasteiger partial charge in [-0.15, -0.1) is 12.4 Å². The predicted molar refractivity (Wildman–Crippen MR) is 122 cm³/mol. The maximum atomic E-state index is 13.3. The van der Waals surface area contributed by atoms with Crippen molar-refractivity contribution >= 4 is 60.9 Å². The van der Waals surface area contributed by atoms with E-state index < -0.39 is 0 Å². The number of carbonyl (C=O) groups is 1. The van der Waals surface area contributed by atoms with Gasteiger partial charge in [0.25, 0.3) is 5.91 Å². The molecular weight excluding hydrogens is 462 g/mol. The van der Waals surface area contributed by atoms with Crippen LogP contribution in [-0.4, -0.2) is 50.1 Å². The molecule has 28 heavy (non-hydrogen) atoms. The minimum Gasteiger partial charge on any atom is -0.496 e. The van der Waals surface area contributed by atoms with Gasteiger partial charge in [-0.1, -0.05) is 39.4 Å². The van der Waals surface area contributed by atoms with Crippen LogP contribution in [0.25, 0.3) is 10.2 Å². The molecule has 0 unspecified atom stereocenters. The van der Waals surface area contributed by atoms with Crippen LogP contribution in [0.4, 0.5) is 5.13 Å². The molecule has 0 spiro atoms. The first-order valence-corrected chi connectivity index (χ1v) is 10.3. The summed E-state index contributed by atoms with van der Waals surface area (Å²) in [6, 6.07) is 13.3. The number of anilines is 1. The van der Waals surface area contributed by atoms with Gasteiger partial charge in [0, 0.05) is 11.0 Å². The Morgan fingerprint density at radius 3 is 2.64 bits per heavy atom. The van der Waals surface area contributed by atoms with Crippen molar-refractivity contribution in [3.8, 4) is 5.75 Å². The van der Waals surface area contributed by atoms with E-state index in [-0.39, 0.29) is 18.3 Å². The number of halogens is 2. The molecule has 3 rings (SSSR count). The summed E-state index contributed by atoms with van der Waals surface area (Å²) in [5, 5.41) is 0.706. The molecule has 0 aliphatic heterocycles. The molecule has 0 N–H and O–H groups in total. The highest BCUT2D eigenvalue weighted by Gasteiger charge is 2.23. The number of rotatable bonds is 7. The molecule has 1 aromatic heterocycles. The number of benzene rings is 2. The van der Waals surface area contributed by atoms with Gasteiger partial charge in [0.05, 0.1) is 22.9 Å². The lowest BCUT2D eigenvalue weighted by molar-refractivity contribution is 0.0983. The largest absolute Gasteiger partial charge is 0.496 e. The van der Waals surface area contributed by atoms with Crippen LogP contribution in [0.1, 0.15) is 16.8 Å². The van der Waals surface area contributed by atoms with Crippen LogP contribution in [0.3, 0.4) is 0 Å². The summed E-state index contributed by atoms with van der Waals surface area (Å²) in [4.78, 5) is 21.9. The number of fused-ring (bicyclic) bond motifs is 1. The lowest BCUT2D eigenvalue weighted by Gasteiger charge is -2.22. The van der Waals surface area contributed by atoms with Gasteiger partial charge in [-0.2, -0.15) is 0 Å². The minimum absolute atomic E-state index is 0. The first kappa shape index (κ1) is 22.6. The monoisotopic (exact) mass is 483 g/mol. The van der Waals surface area contributed by atoms with Crippen molar-refractivity contribution in [3.63, 3.8) is 0 Å². The third-order valence-electron chi connectivity index (χ3n) is 4.14. The summed E-state index contributed by atoms with van der Waals surface area (Å²) >= 11 is 5.02. The molecule has 0 saturated heterocycles. The molecule has 0 bridgehead atoms. The van der Waals surface area contributed by atoms with Crippen molar-refractivity contribution in [2.75, 3.05) is 39.2 Å². The van der Waals surface area contributed by atoms with E-state index in [1.807, 2.05) is 44.4 Å². The van der Waals surface area contributed by atoms with E-state index in [4.69, 9.17) is 9.72 Å². The molecule has 8 heteroatoms. The molecular formula is C20H23BrClN3O2S. The van der Waals surface area contributed by atoms with Crippen LogP contribution in [0, 0.1) is 0 Å². The highest BCUT2D eigenvalue weighted by molar-refractivity contribution is 9.10. The number of aromatic nitrogens is 1. The van der Waals surface area contributed by atoms with Crippen molar-refractivity contribution in [1.82, 2.24) is 9.88 Å². The quantitative estimate of drug-likeness (QED) is 0.469. The summed E-state index contributed by atoms with van der Waals surface area (Å²) in [6.45, 7) is 1.49. The summed E-state index contributed by atoms with van der Waals surface area (Å²) in [5.74, 6) is 0.480. The third kappa shape index (κ3) is 5.23. The third-order valence-corrected chi connectivity index (χ3v) is 5.67. The standard InChI is InChI=1S/C20H22BrN3O2S.ClH/c1-23(2)11-6-12-24(19(25)15-7-4-5-8-17(15)26-3)20-22-16-10-9-14(21)13-18(16)27-20;/h4-5,7-10,13H,6,11-12H2,1-3H3;1H. The van der Waals surface area contributed by atoms with Crippen molar-refractivity contribution in [3.05, 3.63) is 52.5 Å². The summed E-state index contributed by atoms with van der Waals surface area (Å²) < 4.78 is 7.44. The Balaban J connectivity index is 0.00000280. The Bertz CT molecular complexity index is 948. The molecule has 0 atom stereocenters. The van der Waals surface area contributed by atoms with E-state index >= 15 is 0 Å². The second kappa shape index (κ2) is 10.2. The number of thiazole rings is 1. The normalized spacial score (nSPS) is 10.8. The van der Waals surface area contributed by atoms with Crippen LogP contribution in [0.15, 0.2) is 46.9 Å². The Morgan fingerprint density at radius 2 is 1.93 bits per heavy atom. The van der Waals surface area contributed by atoms with Crippen LogP contribution in [0.2, 0.25) is 0 Å². The maximum Gasteiger partial charge on any atom is 0.263 e. The van der Waals surface area contributed by atoms with Gasteiger partial charge >= 0.3 is 0 Å². The van der Waals surface area contributed by atoms with Gasteiger partial charge in [-0.3, -0.25) is 9.69 Å². The van der Waals surface area contributed by atoms with Gasteiger partial charge < -0.3 is 9.64 Å². The number of ether oxygens (including phenoxy) is 1. The second-order valence-electron chi connectivity index (χ2n) is 6.42. The molecule has 2 aromatic carbocycles. The molecule has 5 nitrogen and oxygen atoms in total. The molecule has 150 valence electrons. The molecule has 0 aliphatic rings. The Hall–Kier alpha value is -1.67. The fraction of sp³-hybridized carbons (Fsp3) is 0.300. The van der Waals surface area contributed by atoms with Gasteiger partial charge in [0.2, 0.25) is 0 Å². The van der Waals surface area contributed by atoms with Crippen LogP contribution < -0.4 is 9.64 Å². The topological polar surface area (TPSA) is 45.7 Å². The highest BCUT2D eigenvalue weighted by Crippen LogP contribution is 2.32. The zero-order chi connectivity index (χ0) is 19.4. The molecule has 0 fully saturated rings. The van der Waals surface area contributed by atoms with Crippen LogP contribution >= 0.6 is 39.7 Å². The Labute approximate surface area is 183 Å².